The van der Waals surface area contributed by atoms with Crippen LogP contribution in [0.15, 0.2) is 27.4 Å². The lowest BCUT2D eigenvalue weighted by Crippen LogP contribution is -2.10. The Kier molecular flexibility index (Phi) is 3.36. The summed E-state index contributed by atoms with van der Waals surface area (Å²) in [6.07, 6.45) is -0.407. The summed E-state index contributed by atoms with van der Waals surface area (Å²) in [7, 11) is 0. The van der Waals surface area contributed by atoms with Gasteiger partial charge in [-0.1, -0.05) is 0 Å². The van der Waals surface area contributed by atoms with Crippen LogP contribution in [0, 0.1) is 0 Å². The number of aliphatic hydroxyl groups excluding tert-OH is 2. The largest absolute Gasteiger partial charge is 0.508 e. The highest BCUT2D eigenvalue weighted by Crippen LogP contribution is 2.23. The molecule has 3 N–H and O–H groups in total. The highest BCUT2D eigenvalue weighted by Gasteiger charge is 2.12. The van der Waals surface area contributed by atoms with Gasteiger partial charge in [-0.15, -0.1) is 0 Å². The fourth-order valence-corrected chi connectivity index (χ4v) is 1.92. The molecule has 96 valence electrons. The molecule has 0 spiro atoms. The van der Waals surface area contributed by atoms with Gasteiger partial charge in [-0.25, -0.2) is 0 Å². The molecule has 1 unspecified atom stereocenters. The van der Waals surface area contributed by atoms with E-state index in [1.807, 2.05) is 0 Å². The summed E-state index contributed by atoms with van der Waals surface area (Å²) in [6, 6.07) is 3.94. The number of hydrogen-bond acceptors (Lipinski definition) is 5. The van der Waals surface area contributed by atoms with Gasteiger partial charge in [0.1, 0.15) is 17.1 Å². The van der Waals surface area contributed by atoms with E-state index in [0.29, 0.717) is 11.3 Å². The average molecular weight is 250 g/mol. The lowest BCUT2D eigenvalue weighted by Gasteiger charge is -2.07. The maximum Gasteiger partial charge on any atom is 0.193 e. The number of hydrogen-bond donors (Lipinski definition) is 3. The van der Waals surface area contributed by atoms with E-state index in [9.17, 15) is 15.0 Å². The highest BCUT2D eigenvalue weighted by atomic mass is 16.3. The van der Waals surface area contributed by atoms with Crippen molar-refractivity contribution in [2.75, 3.05) is 0 Å². The Labute approximate surface area is 103 Å². The molecule has 0 amide bonds. The number of phenolic OH excluding ortho intramolecular Hbond substituents is 1. The zero-order valence-corrected chi connectivity index (χ0v) is 9.88. The zero-order chi connectivity index (χ0) is 13.3. The second kappa shape index (κ2) is 4.80. The van der Waals surface area contributed by atoms with Crippen LogP contribution in [-0.4, -0.2) is 21.4 Å². The van der Waals surface area contributed by atoms with Crippen LogP contribution in [0.5, 0.6) is 5.75 Å². The number of fused-ring (bicyclic) bond motifs is 1. The van der Waals surface area contributed by atoms with Gasteiger partial charge in [0.05, 0.1) is 18.1 Å². The van der Waals surface area contributed by atoms with Crippen LogP contribution in [0.2, 0.25) is 0 Å². The van der Waals surface area contributed by atoms with Crippen LogP contribution in [0.4, 0.5) is 0 Å². The molecule has 0 fully saturated rings. The highest BCUT2D eigenvalue weighted by molar-refractivity contribution is 5.81. The predicted molar refractivity (Wildman–Crippen MR) is 65.5 cm³/mol. The van der Waals surface area contributed by atoms with Gasteiger partial charge in [0.2, 0.25) is 0 Å². The number of rotatable bonds is 3. The SMILES string of the molecule is CC(O)Cc1cc(=O)c2c(CO)cc(O)cc2o1. The van der Waals surface area contributed by atoms with Gasteiger partial charge in [-0.2, -0.15) is 0 Å². The molecular weight excluding hydrogens is 236 g/mol. The Morgan fingerprint density at radius 2 is 2.06 bits per heavy atom. The molecule has 0 saturated heterocycles. The van der Waals surface area contributed by atoms with Crippen LogP contribution >= 0.6 is 0 Å². The third kappa shape index (κ3) is 2.37. The Balaban J connectivity index is 2.69. The molecule has 0 aliphatic rings. The molecule has 5 heteroatoms. The first-order chi connectivity index (χ1) is 8.51. The summed E-state index contributed by atoms with van der Waals surface area (Å²) >= 11 is 0. The third-order valence-corrected chi connectivity index (χ3v) is 2.62. The second-order valence-corrected chi connectivity index (χ2v) is 4.27. The lowest BCUT2D eigenvalue weighted by atomic mass is 10.1. The van der Waals surface area contributed by atoms with Crippen molar-refractivity contribution in [2.24, 2.45) is 0 Å². The average Bonchev–Trinajstić information content (AvgIpc) is 2.25. The topological polar surface area (TPSA) is 90.9 Å². The summed E-state index contributed by atoms with van der Waals surface area (Å²) in [5, 5.41) is 28.2. The van der Waals surface area contributed by atoms with E-state index >= 15 is 0 Å². The van der Waals surface area contributed by atoms with E-state index in [-0.39, 0.29) is 35.2 Å². The Hall–Kier alpha value is -1.85. The van der Waals surface area contributed by atoms with Crippen LogP contribution in [0.25, 0.3) is 11.0 Å². The molecule has 2 rings (SSSR count). The molecule has 0 aliphatic heterocycles. The molecule has 0 saturated carbocycles. The molecule has 1 heterocycles. The van der Waals surface area contributed by atoms with Gasteiger partial charge in [0, 0.05) is 18.6 Å². The monoisotopic (exact) mass is 250 g/mol. The first kappa shape index (κ1) is 12.6. The third-order valence-electron chi connectivity index (χ3n) is 2.62. The van der Waals surface area contributed by atoms with Crippen molar-refractivity contribution in [3.05, 3.63) is 39.7 Å². The standard InChI is InChI=1S/C13H14O5/c1-7(15)2-10-5-11(17)13-8(6-14)3-9(16)4-12(13)18-10/h3-5,7,14-16H,2,6H2,1H3. The van der Waals surface area contributed by atoms with Crippen molar-refractivity contribution in [3.8, 4) is 5.75 Å². The van der Waals surface area contributed by atoms with Gasteiger partial charge in [0.25, 0.3) is 0 Å². The molecule has 1 aromatic heterocycles. The fraction of sp³-hybridized carbons (Fsp3) is 0.308. The second-order valence-electron chi connectivity index (χ2n) is 4.27. The maximum absolute atomic E-state index is 11.9. The van der Waals surface area contributed by atoms with Gasteiger partial charge in [-0.3, -0.25) is 4.79 Å². The van der Waals surface area contributed by atoms with Crippen molar-refractivity contribution in [1.29, 1.82) is 0 Å². The number of phenols is 1. The molecular formula is C13H14O5. The predicted octanol–water partition coefficient (Wildman–Crippen LogP) is 0.914. The minimum Gasteiger partial charge on any atom is -0.508 e. The van der Waals surface area contributed by atoms with E-state index in [1.54, 1.807) is 6.92 Å². The maximum atomic E-state index is 11.9. The smallest absolute Gasteiger partial charge is 0.193 e. The lowest BCUT2D eigenvalue weighted by molar-refractivity contribution is 0.187. The summed E-state index contributed by atoms with van der Waals surface area (Å²) in [6.45, 7) is 1.23. The molecule has 1 atom stereocenters. The summed E-state index contributed by atoms with van der Waals surface area (Å²) < 4.78 is 5.45. The first-order valence-electron chi connectivity index (χ1n) is 5.59. The normalized spacial score (nSPS) is 12.8. The first-order valence-corrected chi connectivity index (χ1v) is 5.59. The molecule has 0 aliphatic carbocycles. The number of aliphatic hydroxyl groups is 2. The van der Waals surface area contributed by atoms with Crippen LogP contribution in [0.1, 0.15) is 18.2 Å². The summed E-state index contributed by atoms with van der Waals surface area (Å²) in [5.74, 6) is 0.265. The van der Waals surface area contributed by atoms with Crippen molar-refractivity contribution in [2.45, 2.75) is 26.1 Å². The van der Waals surface area contributed by atoms with Crippen LogP contribution < -0.4 is 5.43 Å². The molecule has 0 radical (unpaired) electrons. The van der Waals surface area contributed by atoms with E-state index < -0.39 is 6.10 Å². The minimum absolute atomic E-state index is 0.0797. The van der Waals surface area contributed by atoms with Crippen molar-refractivity contribution in [3.63, 3.8) is 0 Å². The Bertz CT molecular complexity index is 627. The van der Waals surface area contributed by atoms with E-state index in [0.717, 1.165) is 0 Å². The molecule has 2 aromatic rings. The summed E-state index contributed by atoms with van der Waals surface area (Å²) in [4.78, 5) is 11.9. The van der Waals surface area contributed by atoms with Crippen LogP contribution in [-0.2, 0) is 13.0 Å². The molecule has 18 heavy (non-hydrogen) atoms. The van der Waals surface area contributed by atoms with Gasteiger partial charge >= 0.3 is 0 Å². The van der Waals surface area contributed by atoms with E-state index in [1.165, 1.54) is 18.2 Å². The fourth-order valence-electron chi connectivity index (χ4n) is 1.92. The van der Waals surface area contributed by atoms with Crippen LogP contribution in [0.3, 0.4) is 0 Å². The van der Waals surface area contributed by atoms with E-state index in [4.69, 9.17) is 9.52 Å². The van der Waals surface area contributed by atoms with Gasteiger partial charge < -0.3 is 19.7 Å². The van der Waals surface area contributed by atoms with Crippen molar-refractivity contribution in [1.82, 2.24) is 0 Å². The molecule has 0 bridgehead atoms. The Morgan fingerprint density at radius 3 is 2.67 bits per heavy atom. The Morgan fingerprint density at radius 1 is 1.33 bits per heavy atom. The number of benzene rings is 1. The van der Waals surface area contributed by atoms with Crippen molar-refractivity contribution >= 4 is 11.0 Å². The zero-order valence-electron chi connectivity index (χ0n) is 9.88. The van der Waals surface area contributed by atoms with E-state index in [2.05, 4.69) is 0 Å². The quantitative estimate of drug-likeness (QED) is 0.753. The van der Waals surface area contributed by atoms with Crippen molar-refractivity contribution < 1.29 is 19.7 Å². The summed E-state index contributed by atoms with van der Waals surface area (Å²) in [5.41, 5.74) is 0.237. The van der Waals surface area contributed by atoms with Gasteiger partial charge in [0.15, 0.2) is 5.43 Å². The number of aromatic hydroxyl groups is 1. The molecule has 1 aromatic carbocycles. The minimum atomic E-state index is -0.625. The van der Waals surface area contributed by atoms with Gasteiger partial charge in [-0.05, 0) is 18.6 Å². The molecule has 5 nitrogen and oxygen atoms in total.